The van der Waals surface area contributed by atoms with Crippen LogP contribution in [0.4, 0.5) is 0 Å². The lowest BCUT2D eigenvalue weighted by Gasteiger charge is -2.16. The van der Waals surface area contributed by atoms with Gasteiger partial charge in [-0.05, 0) is 44.2 Å². The SMILES string of the molecule is CCc1noc(C)c1C(=O)NC[C@@H]1CCN(CCc2ccccc2)C1. The maximum absolute atomic E-state index is 12.4. The van der Waals surface area contributed by atoms with Crippen molar-refractivity contribution in [1.29, 1.82) is 0 Å². The second-order valence-electron chi connectivity index (χ2n) is 6.81. The van der Waals surface area contributed by atoms with Gasteiger partial charge in [-0.1, -0.05) is 42.4 Å². The average Bonchev–Trinajstić information content (AvgIpc) is 3.25. The van der Waals surface area contributed by atoms with Crippen LogP contribution in [0.3, 0.4) is 0 Å². The number of aromatic nitrogens is 1. The summed E-state index contributed by atoms with van der Waals surface area (Å²) in [7, 11) is 0. The number of aryl methyl sites for hydroxylation is 2. The van der Waals surface area contributed by atoms with Crippen LogP contribution in [0.2, 0.25) is 0 Å². The van der Waals surface area contributed by atoms with Crippen LogP contribution in [0.1, 0.15) is 40.7 Å². The highest BCUT2D eigenvalue weighted by atomic mass is 16.5. The first-order valence-corrected chi connectivity index (χ1v) is 9.17. The van der Waals surface area contributed by atoms with Crippen molar-refractivity contribution in [1.82, 2.24) is 15.4 Å². The number of hydrogen-bond donors (Lipinski definition) is 1. The van der Waals surface area contributed by atoms with Crippen LogP contribution in [0, 0.1) is 12.8 Å². The van der Waals surface area contributed by atoms with Crippen molar-refractivity contribution in [3.63, 3.8) is 0 Å². The standard InChI is InChI=1S/C20H27N3O2/c1-3-18-19(15(2)25-22-18)20(24)21-13-17-10-12-23(14-17)11-9-16-7-5-4-6-8-16/h4-8,17H,3,9-14H2,1-2H3,(H,21,24)/t17-/m0/s1. The maximum Gasteiger partial charge on any atom is 0.256 e. The molecule has 0 spiro atoms. The lowest BCUT2D eigenvalue weighted by Crippen LogP contribution is -2.32. The minimum absolute atomic E-state index is 0.0571. The van der Waals surface area contributed by atoms with Gasteiger partial charge in [-0.2, -0.15) is 0 Å². The van der Waals surface area contributed by atoms with Crippen LogP contribution in [-0.2, 0) is 12.8 Å². The molecule has 1 aromatic heterocycles. The third kappa shape index (κ3) is 4.48. The third-order valence-electron chi connectivity index (χ3n) is 4.98. The van der Waals surface area contributed by atoms with Gasteiger partial charge in [-0.15, -0.1) is 0 Å². The van der Waals surface area contributed by atoms with Gasteiger partial charge in [0, 0.05) is 19.6 Å². The molecule has 1 amide bonds. The number of benzene rings is 1. The summed E-state index contributed by atoms with van der Waals surface area (Å²) in [6.45, 7) is 7.74. The van der Waals surface area contributed by atoms with E-state index < -0.39 is 0 Å². The van der Waals surface area contributed by atoms with Crippen molar-refractivity contribution in [2.45, 2.75) is 33.1 Å². The van der Waals surface area contributed by atoms with Crippen LogP contribution >= 0.6 is 0 Å². The van der Waals surface area contributed by atoms with Gasteiger partial charge in [0.15, 0.2) is 0 Å². The van der Waals surface area contributed by atoms with E-state index in [4.69, 9.17) is 4.52 Å². The van der Waals surface area contributed by atoms with Crippen LogP contribution in [0.5, 0.6) is 0 Å². The molecule has 1 N–H and O–H groups in total. The van der Waals surface area contributed by atoms with E-state index >= 15 is 0 Å². The molecule has 0 unspecified atom stereocenters. The summed E-state index contributed by atoms with van der Waals surface area (Å²) < 4.78 is 5.15. The molecule has 5 heteroatoms. The zero-order valence-electron chi connectivity index (χ0n) is 15.1. The number of amides is 1. The topological polar surface area (TPSA) is 58.4 Å². The molecule has 3 rings (SSSR count). The number of rotatable bonds is 7. The van der Waals surface area contributed by atoms with E-state index in [2.05, 4.69) is 45.7 Å². The first kappa shape index (κ1) is 17.7. The molecule has 1 atom stereocenters. The van der Waals surface area contributed by atoms with E-state index in [0.29, 0.717) is 30.2 Å². The van der Waals surface area contributed by atoms with Gasteiger partial charge >= 0.3 is 0 Å². The Balaban J connectivity index is 1.44. The molecule has 1 aliphatic rings. The number of likely N-dealkylation sites (tertiary alicyclic amines) is 1. The van der Waals surface area contributed by atoms with Crippen LogP contribution in [-0.4, -0.2) is 42.1 Å². The van der Waals surface area contributed by atoms with E-state index in [-0.39, 0.29) is 5.91 Å². The van der Waals surface area contributed by atoms with Crippen LogP contribution in [0.25, 0.3) is 0 Å². The highest BCUT2D eigenvalue weighted by Crippen LogP contribution is 2.17. The summed E-state index contributed by atoms with van der Waals surface area (Å²) in [5, 5.41) is 7.03. The van der Waals surface area contributed by atoms with Crippen LogP contribution in [0.15, 0.2) is 34.9 Å². The average molecular weight is 341 g/mol. The van der Waals surface area contributed by atoms with Gasteiger partial charge in [-0.3, -0.25) is 4.79 Å². The lowest BCUT2D eigenvalue weighted by atomic mass is 10.1. The molecule has 25 heavy (non-hydrogen) atoms. The Morgan fingerprint density at radius 1 is 1.36 bits per heavy atom. The smallest absolute Gasteiger partial charge is 0.256 e. The van der Waals surface area contributed by atoms with Gasteiger partial charge in [-0.25, -0.2) is 0 Å². The predicted molar refractivity (Wildman–Crippen MR) is 97.6 cm³/mol. The van der Waals surface area contributed by atoms with Crippen molar-refractivity contribution in [3.8, 4) is 0 Å². The summed E-state index contributed by atoms with van der Waals surface area (Å²) in [5.41, 5.74) is 2.74. The van der Waals surface area contributed by atoms with Crippen molar-refractivity contribution in [2.24, 2.45) is 5.92 Å². The Kier molecular flexibility index (Phi) is 5.87. The fraction of sp³-hybridized carbons (Fsp3) is 0.500. The molecular weight excluding hydrogens is 314 g/mol. The normalized spacial score (nSPS) is 17.8. The summed E-state index contributed by atoms with van der Waals surface area (Å²) in [5.74, 6) is 1.06. The van der Waals surface area contributed by atoms with Crippen molar-refractivity contribution < 1.29 is 9.32 Å². The molecule has 1 aliphatic heterocycles. The number of carbonyl (C=O) groups excluding carboxylic acids is 1. The molecule has 2 heterocycles. The number of hydrogen-bond acceptors (Lipinski definition) is 4. The van der Waals surface area contributed by atoms with Crippen molar-refractivity contribution >= 4 is 5.91 Å². The van der Waals surface area contributed by atoms with E-state index in [0.717, 1.165) is 38.2 Å². The fourth-order valence-corrected chi connectivity index (χ4v) is 3.49. The third-order valence-corrected chi connectivity index (χ3v) is 4.98. The molecule has 0 saturated carbocycles. The Morgan fingerprint density at radius 2 is 2.16 bits per heavy atom. The first-order valence-electron chi connectivity index (χ1n) is 9.17. The van der Waals surface area contributed by atoms with Gasteiger partial charge in [0.25, 0.3) is 5.91 Å². The van der Waals surface area contributed by atoms with Gasteiger partial charge < -0.3 is 14.7 Å². The van der Waals surface area contributed by atoms with Gasteiger partial charge in [0.05, 0.1) is 5.69 Å². The highest BCUT2D eigenvalue weighted by Gasteiger charge is 2.24. The molecule has 1 fully saturated rings. The summed E-state index contributed by atoms with van der Waals surface area (Å²) in [4.78, 5) is 14.9. The Hall–Kier alpha value is -2.14. The molecule has 0 aliphatic carbocycles. The summed E-state index contributed by atoms with van der Waals surface area (Å²) >= 11 is 0. The number of nitrogens with zero attached hydrogens (tertiary/aromatic N) is 2. The Morgan fingerprint density at radius 3 is 2.92 bits per heavy atom. The summed E-state index contributed by atoms with van der Waals surface area (Å²) in [6.07, 6.45) is 2.93. The summed E-state index contributed by atoms with van der Waals surface area (Å²) in [6, 6.07) is 10.6. The molecule has 2 aromatic rings. The van der Waals surface area contributed by atoms with E-state index in [1.165, 1.54) is 5.56 Å². The first-order chi connectivity index (χ1) is 12.2. The second kappa shape index (κ2) is 8.30. The van der Waals surface area contributed by atoms with Crippen LogP contribution < -0.4 is 5.32 Å². The fourth-order valence-electron chi connectivity index (χ4n) is 3.49. The Bertz CT molecular complexity index is 696. The lowest BCUT2D eigenvalue weighted by molar-refractivity contribution is 0.0945. The molecule has 134 valence electrons. The molecule has 0 radical (unpaired) electrons. The largest absolute Gasteiger partial charge is 0.361 e. The number of carbonyl (C=O) groups is 1. The van der Waals surface area contributed by atoms with Gasteiger partial charge in [0.1, 0.15) is 11.3 Å². The zero-order chi connectivity index (χ0) is 17.6. The molecular formula is C20H27N3O2. The molecule has 5 nitrogen and oxygen atoms in total. The highest BCUT2D eigenvalue weighted by molar-refractivity contribution is 5.96. The maximum atomic E-state index is 12.4. The second-order valence-corrected chi connectivity index (χ2v) is 6.81. The van der Waals surface area contributed by atoms with Crippen molar-refractivity contribution in [3.05, 3.63) is 52.9 Å². The zero-order valence-corrected chi connectivity index (χ0v) is 15.1. The minimum atomic E-state index is -0.0571. The quantitative estimate of drug-likeness (QED) is 0.841. The van der Waals surface area contributed by atoms with E-state index in [1.807, 2.05) is 6.92 Å². The molecule has 0 bridgehead atoms. The monoisotopic (exact) mass is 341 g/mol. The predicted octanol–water partition coefficient (Wildman–Crippen LogP) is 2.84. The number of nitrogens with one attached hydrogen (secondary N) is 1. The Labute approximate surface area is 149 Å². The molecule has 1 aromatic carbocycles. The van der Waals surface area contributed by atoms with E-state index in [1.54, 1.807) is 6.92 Å². The molecule has 1 saturated heterocycles. The van der Waals surface area contributed by atoms with E-state index in [9.17, 15) is 4.79 Å². The van der Waals surface area contributed by atoms with Crippen molar-refractivity contribution in [2.75, 3.05) is 26.2 Å². The van der Waals surface area contributed by atoms with Gasteiger partial charge in [0.2, 0.25) is 0 Å². The minimum Gasteiger partial charge on any atom is -0.361 e.